The molecule has 1 aromatic carbocycles. The average molecular weight is 201 g/mol. The lowest BCUT2D eigenvalue weighted by Crippen LogP contribution is -1.96. The molecule has 0 fully saturated rings. The smallest absolute Gasteiger partial charge is 0.165 e. The van der Waals surface area contributed by atoms with Gasteiger partial charge in [-0.05, 0) is 25.0 Å². The molecule has 1 aromatic heterocycles. The van der Waals surface area contributed by atoms with Gasteiger partial charge >= 0.3 is 0 Å². The number of carbonyl (C=O) groups excluding carboxylic acids is 1. The highest BCUT2D eigenvalue weighted by molar-refractivity contribution is 6.07. The number of aromatic nitrogens is 1. The Kier molecular flexibility index (Phi) is 2.58. The summed E-state index contributed by atoms with van der Waals surface area (Å²) in [5, 5.41) is 1.04. The maximum Gasteiger partial charge on any atom is 0.165 e. The Morgan fingerprint density at radius 1 is 1.40 bits per heavy atom. The first-order valence-electron chi connectivity index (χ1n) is 5.33. The quantitative estimate of drug-likeness (QED) is 0.758. The molecular formula is C13H15NO. The number of nitrogens with one attached hydrogen (secondary N) is 1. The van der Waals surface area contributed by atoms with Gasteiger partial charge in [-0.2, -0.15) is 0 Å². The molecule has 0 aliphatic heterocycles. The van der Waals surface area contributed by atoms with E-state index < -0.39 is 0 Å². The third-order valence-electron chi connectivity index (χ3n) is 2.61. The van der Waals surface area contributed by atoms with Gasteiger partial charge < -0.3 is 4.98 Å². The van der Waals surface area contributed by atoms with E-state index in [1.807, 2.05) is 32.2 Å². The van der Waals surface area contributed by atoms with Crippen LogP contribution in [0.2, 0.25) is 0 Å². The number of aromatic amines is 1. The Hall–Kier alpha value is -1.57. The maximum atomic E-state index is 11.8. The Morgan fingerprint density at radius 3 is 2.93 bits per heavy atom. The van der Waals surface area contributed by atoms with Crippen LogP contribution < -0.4 is 0 Å². The molecule has 78 valence electrons. The lowest BCUT2D eigenvalue weighted by molar-refractivity contribution is 0.0983. The van der Waals surface area contributed by atoms with E-state index in [0.717, 1.165) is 22.9 Å². The number of rotatable bonds is 3. The summed E-state index contributed by atoms with van der Waals surface area (Å²) < 4.78 is 0. The fourth-order valence-corrected chi connectivity index (χ4v) is 1.83. The van der Waals surface area contributed by atoms with Gasteiger partial charge in [-0.15, -0.1) is 0 Å². The molecule has 0 aliphatic rings. The van der Waals surface area contributed by atoms with E-state index in [-0.39, 0.29) is 5.78 Å². The monoisotopic (exact) mass is 201 g/mol. The minimum atomic E-state index is 0.229. The zero-order chi connectivity index (χ0) is 10.8. The van der Waals surface area contributed by atoms with Gasteiger partial charge in [-0.25, -0.2) is 0 Å². The maximum absolute atomic E-state index is 11.8. The van der Waals surface area contributed by atoms with Crippen molar-refractivity contribution >= 4 is 16.7 Å². The van der Waals surface area contributed by atoms with Crippen LogP contribution in [0.4, 0.5) is 0 Å². The van der Waals surface area contributed by atoms with E-state index in [9.17, 15) is 4.79 Å². The number of carbonyl (C=O) groups is 1. The van der Waals surface area contributed by atoms with Crippen molar-refractivity contribution < 1.29 is 4.79 Å². The van der Waals surface area contributed by atoms with Gasteiger partial charge in [0, 0.05) is 29.1 Å². The number of Topliss-reactive ketones (excluding diaryl/α,β-unsaturated/α-hetero) is 1. The van der Waals surface area contributed by atoms with Gasteiger partial charge in [-0.1, -0.05) is 19.1 Å². The molecule has 0 bridgehead atoms. The highest BCUT2D eigenvalue weighted by Crippen LogP contribution is 2.20. The van der Waals surface area contributed by atoms with Gasteiger partial charge in [0.05, 0.1) is 0 Å². The summed E-state index contributed by atoms with van der Waals surface area (Å²) in [6.07, 6.45) is 3.35. The van der Waals surface area contributed by atoms with E-state index in [1.54, 1.807) is 0 Å². The highest BCUT2D eigenvalue weighted by atomic mass is 16.1. The summed E-state index contributed by atoms with van der Waals surface area (Å²) in [6.45, 7) is 4.07. The summed E-state index contributed by atoms with van der Waals surface area (Å²) in [5.41, 5.74) is 3.08. The van der Waals surface area contributed by atoms with Gasteiger partial charge in [-0.3, -0.25) is 4.79 Å². The molecule has 0 unspecified atom stereocenters. The van der Waals surface area contributed by atoms with Crippen LogP contribution in [0.1, 0.15) is 35.7 Å². The van der Waals surface area contributed by atoms with Crippen molar-refractivity contribution in [2.75, 3.05) is 0 Å². The molecule has 0 amide bonds. The number of aryl methyl sites for hydroxylation is 1. The fraction of sp³-hybridized carbons (Fsp3) is 0.308. The molecule has 0 spiro atoms. The van der Waals surface area contributed by atoms with Crippen molar-refractivity contribution in [3.63, 3.8) is 0 Å². The van der Waals surface area contributed by atoms with Gasteiger partial charge in [0.2, 0.25) is 0 Å². The van der Waals surface area contributed by atoms with Crippen molar-refractivity contribution in [2.24, 2.45) is 0 Å². The molecule has 1 N–H and O–H groups in total. The lowest BCUT2D eigenvalue weighted by atomic mass is 10.1. The zero-order valence-corrected chi connectivity index (χ0v) is 9.13. The van der Waals surface area contributed by atoms with Crippen molar-refractivity contribution in [2.45, 2.75) is 26.7 Å². The molecule has 0 aliphatic carbocycles. The minimum Gasteiger partial charge on any atom is -0.360 e. The molecule has 0 atom stereocenters. The third kappa shape index (κ3) is 1.80. The second kappa shape index (κ2) is 3.89. The van der Waals surface area contributed by atoms with E-state index in [2.05, 4.69) is 11.1 Å². The summed E-state index contributed by atoms with van der Waals surface area (Å²) in [7, 11) is 0. The first-order valence-corrected chi connectivity index (χ1v) is 5.33. The molecule has 0 radical (unpaired) electrons. The molecule has 15 heavy (non-hydrogen) atoms. The van der Waals surface area contributed by atoms with Crippen molar-refractivity contribution in [1.29, 1.82) is 0 Å². The van der Waals surface area contributed by atoms with Gasteiger partial charge in [0.15, 0.2) is 5.78 Å². The number of fused-ring (bicyclic) bond motifs is 1. The molecule has 0 saturated carbocycles. The first-order chi connectivity index (χ1) is 7.22. The van der Waals surface area contributed by atoms with E-state index in [0.29, 0.717) is 6.42 Å². The molecule has 1 heterocycles. The summed E-state index contributed by atoms with van der Waals surface area (Å²) >= 11 is 0. The van der Waals surface area contributed by atoms with Crippen LogP contribution in [0.3, 0.4) is 0 Å². The Labute approximate surface area is 89.3 Å². The van der Waals surface area contributed by atoms with Crippen LogP contribution in [0.25, 0.3) is 10.9 Å². The first kappa shape index (κ1) is 9.97. The molecule has 2 nitrogen and oxygen atoms in total. The lowest BCUT2D eigenvalue weighted by Gasteiger charge is -1.97. The normalized spacial score (nSPS) is 10.8. The SMILES string of the molecule is CCCC(=O)c1c[nH]c2cc(C)ccc12. The van der Waals surface area contributed by atoms with Gasteiger partial charge in [0.1, 0.15) is 0 Å². The molecule has 2 aromatic rings. The molecule has 2 heteroatoms. The number of hydrogen-bond acceptors (Lipinski definition) is 1. The topological polar surface area (TPSA) is 32.9 Å². The van der Waals surface area contributed by atoms with Crippen LogP contribution >= 0.6 is 0 Å². The number of hydrogen-bond donors (Lipinski definition) is 1. The van der Waals surface area contributed by atoms with Crippen LogP contribution in [-0.2, 0) is 0 Å². The highest BCUT2D eigenvalue weighted by Gasteiger charge is 2.10. The second-order valence-electron chi connectivity index (χ2n) is 3.92. The molecule has 0 saturated heterocycles. The number of H-pyrrole nitrogens is 1. The fourth-order valence-electron chi connectivity index (χ4n) is 1.83. The summed E-state index contributed by atoms with van der Waals surface area (Å²) in [5.74, 6) is 0.229. The van der Waals surface area contributed by atoms with Crippen LogP contribution in [-0.4, -0.2) is 10.8 Å². The van der Waals surface area contributed by atoms with Crippen molar-refractivity contribution in [1.82, 2.24) is 4.98 Å². The molecule has 2 rings (SSSR count). The third-order valence-corrected chi connectivity index (χ3v) is 2.61. The largest absolute Gasteiger partial charge is 0.360 e. The van der Waals surface area contributed by atoms with Gasteiger partial charge in [0.25, 0.3) is 0 Å². The Balaban J connectivity index is 2.49. The zero-order valence-electron chi connectivity index (χ0n) is 9.13. The van der Waals surface area contributed by atoms with E-state index in [4.69, 9.17) is 0 Å². The summed E-state index contributed by atoms with van der Waals surface area (Å²) in [4.78, 5) is 14.9. The molecular weight excluding hydrogens is 186 g/mol. The Bertz CT molecular complexity index is 496. The number of benzene rings is 1. The predicted octanol–water partition coefficient (Wildman–Crippen LogP) is 3.46. The Morgan fingerprint density at radius 2 is 2.20 bits per heavy atom. The van der Waals surface area contributed by atoms with Crippen molar-refractivity contribution in [3.05, 3.63) is 35.5 Å². The summed E-state index contributed by atoms with van der Waals surface area (Å²) in [6, 6.07) is 6.13. The van der Waals surface area contributed by atoms with Crippen LogP contribution in [0.5, 0.6) is 0 Å². The van der Waals surface area contributed by atoms with Crippen molar-refractivity contribution in [3.8, 4) is 0 Å². The number of ketones is 1. The second-order valence-corrected chi connectivity index (χ2v) is 3.92. The van der Waals surface area contributed by atoms with E-state index >= 15 is 0 Å². The van der Waals surface area contributed by atoms with Crippen LogP contribution in [0.15, 0.2) is 24.4 Å². The van der Waals surface area contributed by atoms with E-state index in [1.165, 1.54) is 5.56 Å². The average Bonchev–Trinajstić information content (AvgIpc) is 2.60. The predicted molar refractivity (Wildman–Crippen MR) is 62.3 cm³/mol. The minimum absolute atomic E-state index is 0.229. The standard InChI is InChI=1S/C13H15NO/c1-3-4-13(15)11-8-14-12-7-9(2)5-6-10(11)12/h5-8,14H,3-4H2,1-2H3. The van der Waals surface area contributed by atoms with Crippen LogP contribution in [0, 0.1) is 6.92 Å².